The summed E-state index contributed by atoms with van der Waals surface area (Å²) in [6.45, 7) is 6.04. The standard InChI is InChI=1S/C14H17FN2S/c1-10-11(2)18-6-5-17(10)9-13-4-3-12(8-16)7-14(13)15/h3-4,7,10-11H,5-6,9H2,1-2H3. The number of thioether (sulfide) groups is 1. The molecule has 0 aromatic heterocycles. The molecule has 1 aromatic carbocycles. The van der Waals surface area contributed by atoms with Gasteiger partial charge in [-0.05, 0) is 19.1 Å². The van der Waals surface area contributed by atoms with Gasteiger partial charge in [0.05, 0.1) is 11.6 Å². The maximum Gasteiger partial charge on any atom is 0.129 e. The van der Waals surface area contributed by atoms with Gasteiger partial charge < -0.3 is 0 Å². The summed E-state index contributed by atoms with van der Waals surface area (Å²) in [6, 6.07) is 7.15. The van der Waals surface area contributed by atoms with Crippen LogP contribution in [0.1, 0.15) is 25.0 Å². The van der Waals surface area contributed by atoms with Crippen molar-refractivity contribution in [2.75, 3.05) is 12.3 Å². The highest BCUT2D eigenvalue weighted by atomic mass is 32.2. The number of hydrogen-bond donors (Lipinski definition) is 0. The quantitative estimate of drug-likeness (QED) is 0.821. The van der Waals surface area contributed by atoms with Gasteiger partial charge in [0.15, 0.2) is 0 Å². The third-order valence-corrected chi connectivity index (χ3v) is 4.91. The van der Waals surface area contributed by atoms with E-state index in [1.807, 2.05) is 17.8 Å². The Morgan fingerprint density at radius 3 is 2.94 bits per heavy atom. The molecule has 0 spiro atoms. The molecule has 1 fully saturated rings. The van der Waals surface area contributed by atoms with Gasteiger partial charge in [0.2, 0.25) is 0 Å². The molecule has 2 nitrogen and oxygen atoms in total. The Labute approximate surface area is 112 Å². The average molecular weight is 264 g/mol. The van der Waals surface area contributed by atoms with Crippen LogP contribution in [0, 0.1) is 17.1 Å². The molecule has 96 valence electrons. The third kappa shape index (κ3) is 2.85. The summed E-state index contributed by atoms with van der Waals surface area (Å²) in [4.78, 5) is 2.31. The number of benzene rings is 1. The molecule has 1 aliphatic heterocycles. The molecule has 0 amide bonds. The zero-order valence-corrected chi connectivity index (χ0v) is 11.5. The van der Waals surface area contributed by atoms with Crippen molar-refractivity contribution in [2.24, 2.45) is 0 Å². The lowest BCUT2D eigenvalue weighted by molar-refractivity contribution is 0.202. The van der Waals surface area contributed by atoms with Crippen LogP contribution < -0.4 is 0 Å². The molecule has 2 unspecified atom stereocenters. The van der Waals surface area contributed by atoms with E-state index in [4.69, 9.17) is 5.26 Å². The van der Waals surface area contributed by atoms with Crippen molar-refractivity contribution in [2.45, 2.75) is 31.7 Å². The van der Waals surface area contributed by atoms with Gasteiger partial charge in [0.25, 0.3) is 0 Å². The van der Waals surface area contributed by atoms with Crippen molar-refractivity contribution < 1.29 is 4.39 Å². The molecule has 1 heterocycles. The summed E-state index contributed by atoms with van der Waals surface area (Å²) in [5.74, 6) is 0.829. The molecule has 0 radical (unpaired) electrons. The van der Waals surface area contributed by atoms with E-state index < -0.39 is 0 Å². The second kappa shape index (κ2) is 5.73. The van der Waals surface area contributed by atoms with Gasteiger partial charge >= 0.3 is 0 Å². The van der Waals surface area contributed by atoms with Gasteiger partial charge in [-0.2, -0.15) is 17.0 Å². The summed E-state index contributed by atoms with van der Waals surface area (Å²) in [5.41, 5.74) is 1.06. The summed E-state index contributed by atoms with van der Waals surface area (Å²) in [7, 11) is 0. The van der Waals surface area contributed by atoms with Crippen LogP contribution in [-0.2, 0) is 6.54 Å². The van der Waals surface area contributed by atoms with E-state index in [2.05, 4.69) is 18.7 Å². The Morgan fingerprint density at radius 2 is 2.28 bits per heavy atom. The maximum absolute atomic E-state index is 13.8. The fraction of sp³-hybridized carbons (Fsp3) is 0.500. The number of rotatable bonds is 2. The zero-order valence-electron chi connectivity index (χ0n) is 10.7. The third-order valence-electron chi connectivity index (χ3n) is 3.57. The van der Waals surface area contributed by atoms with Crippen LogP contribution in [0.5, 0.6) is 0 Å². The van der Waals surface area contributed by atoms with Crippen molar-refractivity contribution >= 4 is 11.8 Å². The zero-order chi connectivity index (χ0) is 13.1. The molecule has 0 aliphatic carbocycles. The molecule has 18 heavy (non-hydrogen) atoms. The highest BCUT2D eigenvalue weighted by molar-refractivity contribution is 8.00. The predicted octanol–water partition coefficient (Wildman–Crippen LogP) is 3.02. The Kier molecular flexibility index (Phi) is 4.26. The van der Waals surface area contributed by atoms with Crippen molar-refractivity contribution in [3.8, 4) is 6.07 Å². The molecular weight excluding hydrogens is 247 g/mol. The molecule has 4 heteroatoms. The lowest BCUT2D eigenvalue weighted by atomic mass is 10.1. The van der Waals surface area contributed by atoms with Crippen molar-refractivity contribution in [1.29, 1.82) is 5.26 Å². The molecular formula is C14H17FN2S. The molecule has 1 aliphatic rings. The first-order valence-corrected chi connectivity index (χ1v) is 7.21. The molecule has 0 bridgehead atoms. The Hall–Kier alpha value is -1.05. The number of halogens is 1. The summed E-state index contributed by atoms with van der Waals surface area (Å²) in [5, 5.41) is 9.30. The van der Waals surface area contributed by atoms with Crippen molar-refractivity contribution in [1.82, 2.24) is 4.90 Å². The number of nitrogens with zero attached hydrogens (tertiary/aromatic N) is 2. The van der Waals surface area contributed by atoms with E-state index in [9.17, 15) is 4.39 Å². The van der Waals surface area contributed by atoms with E-state index in [1.165, 1.54) is 6.07 Å². The fourth-order valence-electron chi connectivity index (χ4n) is 2.18. The molecule has 0 N–H and O–H groups in total. The molecule has 1 saturated heterocycles. The Balaban J connectivity index is 2.12. The molecule has 1 aromatic rings. The second-order valence-electron chi connectivity index (χ2n) is 4.70. The highest BCUT2D eigenvalue weighted by Gasteiger charge is 2.25. The smallest absolute Gasteiger partial charge is 0.129 e. The highest BCUT2D eigenvalue weighted by Crippen LogP contribution is 2.26. The number of hydrogen-bond acceptors (Lipinski definition) is 3. The van der Waals surface area contributed by atoms with E-state index in [-0.39, 0.29) is 5.82 Å². The second-order valence-corrected chi connectivity index (χ2v) is 6.19. The largest absolute Gasteiger partial charge is 0.294 e. The van der Waals surface area contributed by atoms with Gasteiger partial charge in [-0.25, -0.2) is 4.39 Å². The number of nitriles is 1. The minimum atomic E-state index is -0.271. The normalized spacial score (nSPS) is 24.8. The lowest BCUT2D eigenvalue weighted by Gasteiger charge is -2.37. The minimum absolute atomic E-state index is 0.271. The topological polar surface area (TPSA) is 27.0 Å². The van der Waals surface area contributed by atoms with Gasteiger partial charge in [0.1, 0.15) is 5.82 Å². The Morgan fingerprint density at radius 1 is 1.50 bits per heavy atom. The first kappa shape index (κ1) is 13.4. The van der Waals surface area contributed by atoms with E-state index in [1.54, 1.807) is 12.1 Å². The monoisotopic (exact) mass is 264 g/mol. The van der Waals surface area contributed by atoms with Crippen LogP contribution in [0.4, 0.5) is 4.39 Å². The molecule has 2 rings (SSSR count). The fourth-order valence-corrected chi connectivity index (χ4v) is 3.34. The van der Waals surface area contributed by atoms with Gasteiger partial charge in [-0.1, -0.05) is 13.0 Å². The predicted molar refractivity (Wildman–Crippen MR) is 72.9 cm³/mol. The summed E-state index contributed by atoms with van der Waals surface area (Å²) >= 11 is 1.97. The average Bonchev–Trinajstić information content (AvgIpc) is 2.37. The van der Waals surface area contributed by atoms with Gasteiger partial charge in [-0.15, -0.1) is 0 Å². The first-order valence-electron chi connectivity index (χ1n) is 6.16. The van der Waals surface area contributed by atoms with E-state index in [0.29, 0.717) is 29.0 Å². The van der Waals surface area contributed by atoms with Crippen molar-refractivity contribution in [3.63, 3.8) is 0 Å². The molecule has 2 atom stereocenters. The van der Waals surface area contributed by atoms with Crippen LogP contribution in [0.2, 0.25) is 0 Å². The van der Waals surface area contributed by atoms with Crippen LogP contribution in [0.15, 0.2) is 18.2 Å². The van der Waals surface area contributed by atoms with Crippen LogP contribution >= 0.6 is 11.8 Å². The lowest BCUT2D eigenvalue weighted by Crippen LogP contribution is -2.44. The van der Waals surface area contributed by atoms with E-state index >= 15 is 0 Å². The molecule has 0 saturated carbocycles. The van der Waals surface area contributed by atoms with Gasteiger partial charge in [0, 0.05) is 35.7 Å². The van der Waals surface area contributed by atoms with Crippen LogP contribution in [0.3, 0.4) is 0 Å². The van der Waals surface area contributed by atoms with Crippen LogP contribution in [-0.4, -0.2) is 28.5 Å². The maximum atomic E-state index is 13.8. The first-order chi connectivity index (χ1) is 8.61. The summed E-state index contributed by atoms with van der Waals surface area (Å²) < 4.78 is 13.8. The SMILES string of the molecule is CC1SCCN(Cc2ccc(C#N)cc2F)C1C. The van der Waals surface area contributed by atoms with Crippen LogP contribution in [0.25, 0.3) is 0 Å². The van der Waals surface area contributed by atoms with Gasteiger partial charge in [-0.3, -0.25) is 4.90 Å². The summed E-state index contributed by atoms with van der Waals surface area (Å²) in [6.07, 6.45) is 0. The van der Waals surface area contributed by atoms with E-state index in [0.717, 1.165) is 12.3 Å². The Bertz CT molecular complexity index is 469. The minimum Gasteiger partial charge on any atom is -0.294 e. The van der Waals surface area contributed by atoms with Crippen molar-refractivity contribution in [3.05, 3.63) is 35.1 Å².